The van der Waals surface area contributed by atoms with Gasteiger partial charge in [0.15, 0.2) is 5.78 Å². The summed E-state index contributed by atoms with van der Waals surface area (Å²) in [5.41, 5.74) is 0.495. The number of hydrogen-bond donors (Lipinski definition) is 1. The first kappa shape index (κ1) is 17.2. The van der Waals surface area contributed by atoms with Crippen molar-refractivity contribution >= 4 is 29.4 Å². The van der Waals surface area contributed by atoms with Gasteiger partial charge in [-0.1, -0.05) is 0 Å². The number of Topliss-reactive ketones (excluding diaryl/α,β-unsaturated/α-hetero) is 1. The van der Waals surface area contributed by atoms with Crippen molar-refractivity contribution in [3.63, 3.8) is 0 Å². The molecule has 1 aromatic heterocycles. The van der Waals surface area contributed by atoms with E-state index in [2.05, 4.69) is 10.3 Å². The van der Waals surface area contributed by atoms with Crippen LogP contribution in [0.15, 0.2) is 24.5 Å². The summed E-state index contributed by atoms with van der Waals surface area (Å²) in [6.07, 6.45) is 3.23. The summed E-state index contributed by atoms with van der Waals surface area (Å²) in [6, 6.07) is 3.34. The molecule has 114 valence electrons. The molecule has 1 amide bonds. The Bertz CT molecular complexity index is 479. The minimum Gasteiger partial charge on any atom is -0.455 e. The number of carbonyl (C=O) groups is 3. The van der Waals surface area contributed by atoms with Gasteiger partial charge >= 0.3 is 5.97 Å². The number of ether oxygens (including phenoxy) is 1. The SMILES string of the molecule is CC(=O)NCCSCOC(=O)CCC(=O)c1cccnc1. The third-order valence-corrected chi connectivity index (χ3v) is 3.24. The highest BCUT2D eigenvalue weighted by Gasteiger charge is 2.10. The molecule has 0 aliphatic heterocycles. The van der Waals surface area contributed by atoms with Gasteiger partial charge in [-0.25, -0.2) is 0 Å². The van der Waals surface area contributed by atoms with E-state index in [1.165, 1.54) is 24.9 Å². The van der Waals surface area contributed by atoms with Gasteiger partial charge in [-0.2, -0.15) is 0 Å². The zero-order chi connectivity index (χ0) is 15.5. The van der Waals surface area contributed by atoms with Crippen LogP contribution in [0, 0.1) is 0 Å². The molecule has 0 fully saturated rings. The van der Waals surface area contributed by atoms with E-state index in [4.69, 9.17) is 4.74 Å². The smallest absolute Gasteiger partial charge is 0.307 e. The average molecular weight is 310 g/mol. The minimum absolute atomic E-state index is 0.0555. The molecule has 0 spiro atoms. The Morgan fingerprint density at radius 3 is 2.81 bits per heavy atom. The number of nitrogens with zero attached hydrogens (tertiary/aromatic N) is 1. The van der Waals surface area contributed by atoms with E-state index >= 15 is 0 Å². The lowest BCUT2D eigenvalue weighted by Crippen LogP contribution is -2.22. The highest BCUT2D eigenvalue weighted by Crippen LogP contribution is 2.06. The van der Waals surface area contributed by atoms with Gasteiger partial charge in [0.25, 0.3) is 0 Å². The largest absolute Gasteiger partial charge is 0.455 e. The lowest BCUT2D eigenvalue weighted by Gasteiger charge is -2.05. The van der Waals surface area contributed by atoms with E-state index in [1.54, 1.807) is 18.3 Å². The number of pyridine rings is 1. The van der Waals surface area contributed by atoms with Crippen molar-refractivity contribution in [1.82, 2.24) is 10.3 Å². The summed E-state index contributed by atoms with van der Waals surface area (Å²) in [5, 5.41) is 2.64. The minimum atomic E-state index is -0.403. The molecule has 0 bridgehead atoms. The lowest BCUT2D eigenvalue weighted by atomic mass is 10.1. The fraction of sp³-hybridized carbons (Fsp3) is 0.429. The Balaban J connectivity index is 2.09. The number of ketones is 1. The summed E-state index contributed by atoms with van der Waals surface area (Å²) in [4.78, 5) is 37.6. The highest BCUT2D eigenvalue weighted by molar-refractivity contribution is 7.99. The second kappa shape index (κ2) is 9.93. The molecule has 1 rings (SSSR count). The van der Waals surface area contributed by atoms with Crippen LogP contribution in [0.2, 0.25) is 0 Å². The van der Waals surface area contributed by atoms with Gasteiger partial charge < -0.3 is 10.1 Å². The summed E-state index contributed by atoms with van der Waals surface area (Å²) >= 11 is 1.40. The first-order chi connectivity index (χ1) is 10.1. The topological polar surface area (TPSA) is 85.4 Å². The molecule has 21 heavy (non-hydrogen) atoms. The van der Waals surface area contributed by atoms with Gasteiger partial charge in [-0.15, -0.1) is 11.8 Å². The first-order valence-corrected chi connectivity index (χ1v) is 7.66. The summed E-state index contributed by atoms with van der Waals surface area (Å²) in [7, 11) is 0. The first-order valence-electron chi connectivity index (χ1n) is 6.50. The number of esters is 1. The molecule has 0 unspecified atom stereocenters. The summed E-state index contributed by atoms with van der Waals surface area (Å²) in [6.45, 7) is 1.99. The molecule has 0 radical (unpaired) electrons. The van der Waals surface area contributed by atoms with Crippen molar-refractivity contribution in [2.24, 2.45) is 0 Å². The Labute approximate surface area is 127 Å². The van der Waals surface area contributed by atoms with Crippen LogP contribution < -0.4 is 5.32 Å². The quantitative estimate of drug-likeness (QED) is 0.321. The van der Waals surface area contributed by atoms with Crippen LogP contribution in [0.4, 0.5) is 0 Å². The molecular weight excluding hydrogens is 292 g/mol. The predicted octanol–water partition coefficient (Wildman–Crippen LogP) is 1.41. The van der Waals surface area contributed by atoms with Crippen LogP contribution in [0.25, 0.3) is 0 Å². The molecular formula is C14H18N2O4S. The van der Waals surface area contributed by atoms with Crippen LogP contribution in [0.3, 0.4) is 0 Å². The Morgan fingerprint density at radius 2 is 2.14 bits per heavy atom. The van der Waals surface area contributed by atoms with Gasteiger partial charge in [0.1, 0.15) is 5.94 Å². The summed E-state index contributed by atoms with van der Waals surface area (Å²) < 4.78 is 4.98. The maximum Gasteiger partial charge on any atom is 0.307 e. The predicted molar refractivity (Wildman–Crippen MR) is 79.9 cm³/mol. The number of hydrogen-bond acceptors (Lipinski definition) is 6. The van der Waals surface area contributed by atoms with Gasteiger partial charge in [0.2, 0.25) is 5.91 Å². The van der Waals surface area contributed by atoms with E-state index < -0.39 is 5.97 Å². The van der Waals surface area contributed by atoms with Crippen molar-refractivity contribution in [1.29, 1.82) is 0 Å². The van der Waals surface area contributed by atoms with Crippen LogP contribution in [0.5, 0.6) is 0 Å². The molecule has 0 aromatic carbocycles. The van der Waals surface area contributed by atoms with Crippen LogP contribution in [-0.2, 0) is 14.3 Å². The second-order valence-corrected chi connectivity index (χ2v) is 5.24. The van der Waals surface area contributed by atoms with Crippen LogP contribution in [0.1, 0.15) is 30.1 Å². The monoisotopic (exact) mass is 310 g/mol. The Morgan fingerprint density at radius 1 is 1.33 bits per heavy atom. The van der Waals surface area contributed by atoms with Crippen molar-refractivity contribution in [3.05, 3.63) is 30.1 Å². The number of carbonyl (C=O) groups excluding carboxylic acids is 3. The molecule has 1 heterocycles. The van der Waals surface area contributed by atoms with Crippen LogP contribution >= 0.6 is 11.8 Å². The normalized spacial score (nSPS) is 9.95. The average Bonchev–Trinajstić information content (AvgIpc) is 2.49. The van der Waals surface area contributed by atoms with Gasteiger partial charge in [-0.3, -0.25) is 19.4 Å². The fourth-order valence-electron chi connectivity index (χ4n) is 1.43. The molecule has 0 aliphatic rings. The van der Waals surface area contributed by atoms with Crippen molar-refractivity contribution in [2.45, 2.75) is 19.8 Å². The van der Waals surface area contributed by atoms with Gasteiger partial charge in [0, 0.05) is 43.6 Å². The van der Waals surface area contributed by atoms with Crippen molar-refractivity contribution < 1.29 is 19.1 Å². The number of nitrogens with one attached hydrogen (secondary N) is 1. The van der Waals surface area contributed by atoms with Gasteiger partial charge in [0.05, 0.1) is 6.42 Å². The maximum absolute atomic E-state index is 11.7. The Hall–Kier alpha value is -1.89. The Kier molecular flexibility index (Phi) is 8.11. The third kappa shape index (κ3) is 8.09. The number of aromatic nitrogens is 1. The fourth-order valence-corrected chi connectivity index (χ4v) is 2.00. The molecule has 0 saturated carbocycles. The standard InChI is InChI=1S/C14H18N2O4S/c1-11(17)16-7-8-21-10-20-14(19)5-4-13(18)12-3-2-6-15-9-12/h2-3,6,9H,4-5,7-8,10H2,1H3,(H,16,17). The van der Waals surface area contributed by atoms with Crippen LogP contribution in [-0.4, -0.2) is 40.9 Å². The number of amides is 1. The zero-order valence-electron chi connectivity index (χ0n) is 11.8. The van der Waals surface area contributed by atoms with Gasteiger partial charge in [-0.05, 0) is 12.1 Å². The summed E-state index contributed by atoms with van der Waals surface area (Å²) in [5.74, 6) is 0.278. The highest BCUT2D eigenvalue weighted by atomic mass is 32.2. The maximum atomic E-state index is 11.7. The molecule has 1 N–H and O–H groups in total. The molecule has 6 nitrogen and oxygen atoms in total. The zero-order valence-corrected chi connectivity index (χ0v) is 12.6. The third-order valence-electron chi connectivity index (χ3n) is 2.46. The van der Waals surface area contributed by atoms with E-state index in [9.17, 15) is 14.4 Å². The van der Waals surface area contributed by atoms with E-state index in [0.29, 0.717) is 17.9 Å². The second-order valence-electron chi connectivity index (χ2n) is 4.19. The molecule has 0 aliphatic carbocycles. The van der Waals surface area contributed by atoms with E-state index in [-0.39, 0.29) is 30.5 Å². The molecule has 0 saturated heterocycles. The molecule has 1 aromatic rings. The molecule has 7 heteroatoms. The lowest BCUT2D eigenvalue weighted by molar-refractivity contribution is -0.141. The van der Waals surface area contributed by atoms with Crippen molar-refractivity contribution in [2.75, 3.05) is 18.2 Å². The number of thioether (sulfide) groups is 1. The van der Waals surface area contributed by atoms with E-state index in [0.717, 1.165) is 0 Å². The van der Waals surface area contributed by atoms with Crippen molar-refractivity contribution in [3.8, 4) is 0 Å². The number of rotatable bonds is 9. The molecule has 0 atom stereocenters. The van der Waals surface area contributed by atoms with E-state index in [1.807, 2.05) is 0 Å².